The Morgan fingerprint density at radius 2 is 1.84 bits per heavy atom. The number of aromatic nitrogens is 2. The molecule has 2 aromatic carbocycles. The number of benzene rings is 2. The second-order valence-corrected chi connectivity index (χ2v) is 7.52. The zero-order chi connectivity index (χ0) is 22.0. The van der Waals surface area contributed by atoms with E-state index in [2.05, 4.69) is 6.92 Å². The Morgan fingerprint density at radius 3 is 2.52 bits per heavy atom. The summed E-state index contributed by atoms with van der Waals surface area (Å²) < 4.78 is 12.6. The summed E-state index contributed by atoms with van der Waals surface area (Å²) in [5.41, 5.74) is 3.70. The van der Waals surface area contributed by atoms with E-state index in [4.69, 9.17) is 14.5 Å². The Hall–Kier alpha value is -3.19. The largest absolute Gasteiger partial charge is 0.465 e. The Balaban J connectivity index is 1.95. The Labute approximate surface area is 181 Å². The van der Waals surface area contributed by atoms with E-state index in [1.807, 2.05) is 53.1 Å². The molecule has 1 aromatic heterocycles. The van der Waals surface area contributed by atoms with E-state index in [-0.39, 0.29) is 12.5 Å². The van der Waals surface area contributed by atoms with Crippen LogP contribution in [0.5, 0.6) is 0 Å². The number of imidazole rings is 1. The number of methoxy groups -OCH3 is 1. The average molecular weight is 421 g/mol. The van der Waals surface area contributed by atoms with Crippen molar-refractivity contribution in [1.82, 2.24) is 9.55 Å². The number of esters is 1. The van der Waals surface area contributed by atoms with E-state index in [9.17, 15) is 9.59 Å². The summed E-state index contributed by atoms with van der Waals surface area (Å²) in [7, 11) is 1.58. The number of rotatable bonds is 7. The van der Waals surface area contributed by atoms with Crippen LogP contribution in [0.3, 0.4) is 0 Å². The normalized spacial score (nSPS) is 18.3. The lowest BCUT2D eigenvalue weighted by Gasteiger charge is -2.37. The van der Waals surface area contributed by atoms with Gasteiger partial charge in [-0.1, -0.05) is 43.3 Å². The topological polar surface area (TPSA) is 73.7 Å². The molecular weight excluding hydrogens is 394 g/mol. The highest BCUT2D eigenvalue weighted by atomic mass is 16.5. The second-order valence-electron chi connectivity index (χ2n) is 7.52. The summed E-state index contributed by atoms with van der Waals surface area (Å²) in [4.78, 5) is 33.0. The van der Waals surface area contributed by atoms with Gasteiger partial charge in [-0.15, -0.1) is 0 Å². The van der Waals surface area contributed by atoms with Crippen LogP contribution in [0.15, 0.2) is 48.5 Å². The Morgan fingerprint density at radius 1 is 1.10 bits per heavy atom. The lowest BCUT2D eigenvalue weighted by Crippen LogP contribution is -2.51. The number of carbonyl (C=O) groups excluding carboxylic acids is 2. The van der Waals surface area contributed by atoms with Crippen molar-refractivity contribution in [3.8, 4) is 0 Å². The fourth-order valence-corrected chi connectivity index (χ4v) is 4.19. The third-order valence-electron chi connectivity index (χ3n) is 5.73. The lowest BCUT2D eigenvalue weighted by molar-refractivity contribution is -0.153. The Bertz CT molecular complexity index is 1090. The molecule has 0 saturated carbocycles. The van der Waals surface area contributed by atoms with Gasteiger partial charge in [0.15, 0.2) is 5.92 Å². The van der Waals surface area contributed by atoms with E-state index >= 15 is 0 Å². The zero-order valence-corrected chi connectivity index (χ0v) is 18.1. The van der Waals surface area contributed by atoms with Crippen molar-refractivity contribution in [1.29, 1.82) is 0 Å². The maximum Gasteiger partial charge on any atom is 0.321 e. The van der Waals surface area contributed by atoms with Crippen molar-refractivity contribution >= 4 is 28.9 Å². The number of anilines is 1. The van der Waals surface area contributed by atoms with E-state index in [0.29, 0.717) is 19.1 Å². The minimum absolute atomic E-state index is 0.208. The monoisotopic (exact) mass is 421 g/mol. The molecule has 0 N–H and O–H groups in total. The van der Waals surface area contributed by atoms with E-state index < -0.39 is 17.9 Å². The number of para-hydroxylation sites is 2. The molecule has 31 heavy (non-hydrogen) atoms. The highest BCUT2D eigenvalue weighted by molar-refractivity contribution is 6.08. The molecule has 1 aliphatic heterocycles. The van der Waals surface area contributed by atoms with E-state index in [1.54, 1.807) is 18.9 Å². The van der Waals surface area contributed by atoms with Gasteiger partial charge in [-0.25, -0.2) is 4.98 Å². The number of ether oxygens (including phenoxy) is 2. The molecule has 162 valence electrons. The number of carbonyl (C=O) groups is 2. The quantitative estimate of drug-likeness (QED) is 0.432. The van der Waals surface area contributed by atoms with Crippen LogP contribution in [0.4, 0.5) is 5.95 Å². The van der Waals surface area contributed by atoms with Crippen LogP contribution in [0.2, 0.25) is 0 Å². The summed E-state index contributed by atoms with van der Waals surface area (Å²) in [6, 6.07) is 15.2. The first-order valence-electron chi connectivity index (χ1n) is 10.6. The number of nitrogens with zero attached hydrogens (tertiary/aromatic N) is 3. The molecular formula is C24H27N3O4. The molecule has 0 fully saturated rings. The standard InChI is InChI=1S/C24H27N3O4/c1-4-16-10-12-17(13-11-16)21-20(23(29)31-5-2)22(28)26(14-15-30-3)24-25-18-8-6-7-9-19(18)27(21)24/h6-13,20-21H,4-5,14-15H2,1-3H3/t20-,21+/m1/s1. The molecule has 2 heterocycles. The van der Waals surface area contributed by atoms with Crippen LogP contribution in [-0.4, -0.2) is 48.3 Å². The molecule has 2 atom stereocenters. The summed E-state index contributed by atoms with van der Waals surface area (Å²) in [5.74, 6) is -1.33. The van der Waals surface area contributed by atoms with Gasteiger partial charge in [0.1, 0.15) is 0 Å². The highest BCUT2D eigenvalue weighted by Gasteiger charge is 2.47. The van der Waals surface area contributed by atoms with Crippen molar-refractivity contribution in [3.63, 3.8) is 0 Å². The first-order valence-corrected chi connectivity index (χ1v) is 10.6. The molecule has 0 aliphatic carbocycles. The van der Waals surface area contributed by atoms with Crippen molar-refractivity contribution < 1.29 is 19.1 Å². The molecule has 0 bridgehead atoms. The highest BCUT2D eigenvalue weighted by Crippen LogP contribution is 2.41. The van der Waals surface area contributed by atoms with Gasteiger partial charge < -0.3 is 14.0 Å². The van der Waals surface area contributed by atoms with Crippen LogP contribution < -0.4 is 4.90 Å². The van der Waals surface area contributed by atoms with E-state index in [1.165, 1.54) is 5.56 Å². The molecule has 1 amide bonds. The van der Waals surface area contributed by atoms with Gasteiger partial charge >= 0.3 is 5.97 Å². The molecule has 7 nitrogen and oxygen atoms in total. The van der Waals surface area contributed by atoms with Crippen LogP contribution >= 0.6 is 0 Å². The number of hydrogen-bond donors (Lipinski definition) is 0. The predicted molar refractivity (Wildman–Crippen MR) is 118 cm³/mol. The predicted octanol–water partition coefficient (Wildman–Crippen LogP) is 3.36. The Kier molecular flexibility index (Phi) is 6.04. The zero-order valence-electron chi connectivity index (χ0n) is 18.1. The second kappa shape index (κ2) is 8.89. The lowest BCUT2D eigenvalue weighted by atomic mass is 9.89. The van der Waals surface area contributed by atoms with Crippen LogP contribution in [0.25, 0.3) is 11.0 Å². The molecule has 0 saturated heterocycles. The van der Waals surface area contributed by atoms with Crippen molar-refractivity contribution in [2.24, 2.45) is 5.92 Å². The molecule has 1 aliphatic rings. The third-order valence-corrected chi connectivity index (χ3v) is 5.73. The average Bonchev–Trinajstić information content (AvgIpc) is 3.17. The van der Waals surface area contributed by atoms with Crippen molar-refractivity contribution in [2.45, 2.75) is 26.3 Å². The number of amides is 1. The van der Waals surface area contributed by atoms with Crippen molar-refractivity contribution in [3.05, 3.63) is 59.7 Å². The maximum atomic E-state index is 13.6. The van der Waals surface area contributed by atoms with E-state index in [0.717, 1.165) is 23.0 Å². The smallest absolute Gasteiger partial charge is 0.321 e. The number of fused-ring (bicyclic) bond motifs is 3. The SMILES string of the molecule is CCOC(=O)[C@H]1C(=O)N(CCOC)c2nc3ccccc3n2[C@H]1c1ccc(CC)cc1. The van der Waals surface area contributed by atoms with Gasteiger partial charge in [0.2, 0.25) is 11.9 Å². The van der Waals surface area contributed by atoms with Crippen LogP contribution in [-0.2, 0) is 25.5 Å². The number of hydrogen-bond acceptors (Lipinski definition) is 5. The fraction of sp³-hybridized carbons (Fsp3) is 0.375. The number of aryl methyl sites for hydroxylation is 1. The maximum absolute atomic E-state index is 13.6. The minimum atomic E-state index is -1.01. The summed E-state index contributed by atoms with van der Waals surface area (Å²) in [5, 5.41) is 0. The molecule has 0 unspecified atom stereocenters. The first kappa shape index (κ1) is 21.1. The molecule has 7 heteroatoms. The van der Waals surface area contributed by atoms with Crippen LogP contribution in [0, 0.1) is 5.92 Å². The summed E-state index contributed by atoms with van der Waals surface area (Å²) in [6.45, 7) is 4.68. The molecule has 0 radical (unpaired) electrons. The van der Waals surface area contributed by atoms with Crippen molar-refractivity contribution in [2.75, 3.05) is 31.8 Å². The molecule has 0 spiro atoms. The van der Waals surface area contributed by atoms with Gasteiger partial charge in [0.25, 0.3) is 0 Å². The first-order chi connectivity index (χ1) is 15.1. The molecule has 4 rings (SSSR count). The van der Waals surface area contributed by atoms with Gasteiger partial charge in [-0.2, -0.15) is 0 Å². The summed E-state index contributed by atoms with van der Waals surface area (Å²) in [6.07, 6.45) is 0.912. The van der Waals surface area contributed by atoms with Gasteiger partial charge in [0, 0.05) is 7.11 Å². The van der Waals surface area contributed by atoms with Crippen LogP contribution in [0.1, 0.15) is 31.0 Å². The third kappa shape index (κ3) is 3.70. The van der Waals surface area contributed by atoms with Gasteiger partial charge in [-0.05, 0) is 36.6 Å². The molecule has 3 aromatic rings. The van der Waals surface area contributed by atoms with Gasteiger partial charge in [-0.3, -0.25) is 14.5 Å². The summed E-state index contributed by atoms with van der Waals surface area (Å²) >= 11 is 0. The minimum Gasteiger partial charge on any atom is -0.465 e. The van der Waals surface area contributed by atoms with Gasteiger partial charge in [0.05, 0.1) is 36.8 Å². The fourth-order valence-electron chi connectivity index (χ4n) is 4.19.